The van der Waals surface area contributed by atoms with Crippen molar-refractivity contribution >= 4 is 29.6 Å². The molecule has 4 nitrogen and oxygen atoms in total. The zero-order valence-electron chi connectivity index (χ0n) is 2.42. The standard InChI is InChI=1S/H3N.Na.H2O.2O.V.H/h1H3;;1H2;;;;/q;;;;;+1;/p-1. The fourth-order valence-corrected chi connectivity index (χ4v) is 0. The van der Waals surface area contributed by atoms with Crippen molar-refractivity contribution in [2.75, 3.05) is 0 Å². The molecule has 0 aromatic rings. The molecule has 0 aromatic heterocycles. The van der Waals surface area contributed by atoms with Gasteiger partial charge in [-0.1, -0.05) is 0 Å². The molecule has 0 heterocycles. The van der Waals surface area contributed by atoms with Crippen LogP contribution in [0, 0.1) is 0 Å². The van der Waals surface area contributed by atoms with Crippen LogP contribution >= 0.6 is 0 Å². The fraction of sp³-hybridized carbons (Fsp3) is 0. The summed E-state index contributed by atoms with van der Waals surface area (Å²) in [4.78, 5) is 0. The summed E-state index contributed by atoms with van der Waals surface area (Å²) in [6.07, 6.45) is 0. The van der Waals surface area contributed by atoms with Crippen LogP contribution in [-0.2, 0) is 22.7 Å². The Morgan fingerprint density at radius 1 is 1.33 bits per heavy atom. The van der Waals surface area contributed by atoms with Crippen LogP contribution < -0.4 is 6.15 Å². The quantitative estimate of drug-likeness (QED) is 0.411. The van der Waals surface area contributed by atoms with Crippen LogP contribution in [0.1, 0.15) is 0 Å². The molecule has 0 amide bonds. The predicted octanol–water partition coefficient (Wildman–Crippen LogP) is -1.28. The fourth-order valence-electron chi connectivity index (χ4n) is 0. The van der Waals surface area contributed by atoms with E-state index in [2.05, 4.69) is 0 Å². The molecule has 4 N–H and O–H groups in total. The van der Waals surface area contributed by atoms with Gasteiger partial charge in [-0.25, -0.2) is 0 Å². The molecule has 0 bridgehead atoms. The van der Waals surface area contributed by atoms with Gasteiger partial charge in [0.1, 0.15) is 0 Å². The van der Waals surface area contributed by atoms with E-state index >= 15 is 0 Å². The number of hydrogen-bond donors (Lipinski definition) is 2. The van der Waals surface area contributed by atoms with Crippen LogP contribution in [-0.4, -0.2) is 33.6 Å². The molecule has 0 radical (unpaired) electrons. The van der Waals surface area contributed by atoms with Gasteiger partial charge in [-0.05, 0) is 0 Å². The van der Waals surface area contributed by atoms with Crippen LogP contribution in [0.4, 0.5) is 0 Å². The van der Waals surface area contributed by atoms with Crippen molar-refractivity contribution in [1.82, 2.24) is 6.15 Å². The van der Waals surface area contributed by atoms with Crippen molar-refractivity contribution in [2.24, 2.45) is 0 Å². The predicted molar refractivity (Wildman–Crippen MR) is 15.8 cm³/mol. The van der Waals surface area contributed by atoms with E-state index in [-0.39, 0.29) is 35.7 Å². The van der Waals surface area contributed by atoms with Gasteiger partial charge in [0.2, 0.25) is 0 Å². The van der Waals surface area contributed by atoms with E-state index in [9.17, 15) is 0 Å². The second-order valence-electron chi connectivity index (χ2n) is 0.238. The van der Waals surface area contributed by atoms with Crippen molar-refractivity contribution < 1.29 is 26.8 Å². The van der Waals surface area contributed by atoms with E-state index in [0.717, 1.165) is 0 Å². The molecule has 0 aromatic carbocycles. The number of hydrogen-bond acceptors (Lipinski definition) is 3. The van der Waals surface area contributed by atoms with E-state index in [0.29, 0.717) is 0 Å². The maximum absolute atomic E-state index is 8.67. The Labute approximate surface area is 62.2 Å². The SMILES string of the molecule is N.[NaH].[O]=[V](=[O])[OH]. The molecule has 0 spiro atoms. The third-order valence-corrected chi connectivity index (χ3v) is 0. The first-order valence-electron chi connectivity index (χ1n) is 0.565. The Kier molecular flexibility index (Phi) is 24.7. The summed E-state index contributed by atoms with van der Waals surface area (Å²) in [5, 5.41) is 0. The summed E-state index contributed by atoms with van der Waals surface area (Å²) >= 11 is -3.69. The first kappa shape index (κ1) is 15.7. The van der Waals surface area contributed by atoms with Crippen molar-refractivity contribution in [3.63, 3.8) is 0 Å². The Bertz CT molecular complexity index is 59.2. The zero-order chi connectivity index (χ0) is 3.58. The molecule has 0 aliphatic carbocycles. The Balaban J connectivity index is -0.0000000450. The van der Waals surface area contributed by atoms with Gasteiger partial charge in [-0.3, -0.25) is 0 Å². The molecule has 6 heavy (non-hydrogen) atoms. The van der Waals surface area contributed by atoms with Crippen molar-refractivity contribution in [3.05, 3.63) is 0 Å². The van der Waals surface area contributed by atoms with Crippen LogP contribution in [0.2, 0.25) is 0 Å². The van der Waals surface area contributed by atoms with E-state index in [1.54, 1.807) is 0 Å². The van der Waals surface area contributed by atoms with Gasteiger partial charge in [0.05, 0.1) is 0 Å². The van der Waals surface area contributed by atoms with Crippen LogP contribution in [0.3, 0.4) is 0 Å². The molecule has 0 saturated carbocycles. The van der Waals surface area contributed by atoms with Gasteiger partial charge < -0.3 is 6.15 Å². The summed E-state index contributed by atoms with van der Waals surface area (Å²) in [7, 11) is 0. The van der Waals surface area contributed by atoms with Gasteiger partial charge in [0.25, 0.3) is 0 Å². The Morgan fingerprint density at radius 2 is 1.33 bits per heavy atom. The molecule has 0 atom stereocenters. The second kappa shape index (κ2) is 9.44. The first-order chi connectivity index (χ1) is 1.73. The number of rotatable bonds is 0. The zero-order valence-corrected chi connectivity index (χ0v) is 3.81. The van der Waals surface area contributed by atoms with Crippen molar-refractivity contribution in [1.29, 1.82) is 0 Å². The monoisotopic (exact) mass is 141 g/mol. The Morgan fingerprint density at radius 3 is 1.33 bits per heavy atom. The molecule has 0 fully saturated rings. The molecule has 0 unspecified atom stereocenters. The topological polar surface area (TPSA) is 89.4 Å². The summed E-state index contributed by atoms with van der Waals surface area (Å²) in [5.41, 5.74) is 0. The van der Waals surface area contributed by atoms with Crippen LogP contribution in [0.5, 0.6) is 0 Å². The van der Waals surface area contributed by atoms with Crippen molar-refractivity contribution in [3.8, 4) is 0 Å². The van der Waals surface area contributed by atoms with Gasteiger partial charge >= 0.3 is 56.3 Å². The normalized spacial score (nSPS) is 4.17. The molecule has 34 valence electrons. The maximum atomic E-state index is 8.67. The summed E-state index contributed by atoms with van der Waals surface area (Å²) in [5.74, 6) is 0. The summed E-state index contributed by atoms with van der Waals surface area (Å²) < 4.78 is 24.4. The van der Waals surface area contributed by atoms with Crippen molar-refractivity contribution in [2.45, 2.75) is 0 Å². The second-order valence-corrected chi connectivity index (χ2v) is 0.981. The van der Waals surface area contributed by atoms with E-state index in [1.165, 1.54) is 0 Å². The molecule has 0 aliphatic heterocycles. The van der Waals surface area contributed by atoms with Gasteiger partial charge in [0.15, 0.2) is 0 Å². The van der Waals surface area contributed by atoms with E-state index in [1.807, 2.05) is 0 Å². The van der Waals surface area contributed by atoms with E-state index < -0.39 is 15.4 Å². The van der Waals surface area contributed by atoms with Gasteiger partial charge in [-0.2, -0.15) is 0 Å². The molecule has 0 aliphatic rings. The van der Waals surface area contributed by atoms with Crippen LogP contribution in [0.15, 0.2) is 0 Å². The average Bonchev–Trinajstić information content (AvgIpc) is 0.811. The van der Waals surface area contributed by atoms with Gasteiger partial charge in [0, 0.05) is 0 Å². The first-order valence-corrected chi connectivity index (χ1v) is 2.33. The summed E-state index contributed by atoms with van der Waals surface area (Å²) in [6, 6.07) is 0. The minimum atomic E-state index is -3.69. The summed E-state index contributed by atoms with van der Waals surface area (Å²) in [6.45, 7) is 0. The molecular weight excluding hydrogens is 136 g/mol. The van der Waals surface area contributed by atoms with E-state index in [4.69, 9.17) is 11.4 Å². The third-order valence-electron chi connectivity index (χ3n) is 0. The van der Waals surface area contributed by atoms with Gasteiger partial charge in [-0.15, -0.1) is 0 Å². The molecule has 0 rings (SSSR count). The average molecular weight is 141 g/mol. The molecule has 0 saturated heterocycles. The third kappa shape index (κ3) is 70.5. The molecular formula is H5NNaO3V. The Hall–Kier alpha value is 1.10. The van der Waals surface area contributed by atoms with Crippen LogP contribution in [0.25, 0.3) is 0 Å². The minimum absolute atomic E-state index is 0. The molecule has 6 heteroatoms.